The van der Waals surface area contributed by atoms with Crippen LogP contribution in [0.3, 0.4) is 0 Å². The molecule has 0 aromatic heterocycles. The average molecular weight is 284 g/mol. The molecule has 0 amide bonds. The van der Waals surface area contributed by atoms with Crippen LogP contribution in [0.4, 0.5) is 0 Å². The maximum Gasteiger partial charge on any atom is 0.320 e. The maximum absolute atomic E-state index is 11.0. The van der Waals surface area contributed by atoms with E-state index in [-0.39, 0.29) is 6.10 Å². The van der Waals surface area contributed by atoms with Crippen LogP contribution in [0.15, 0.2) is 18.2 Å². The molecule has 1 aliphatic rings. The zero-order chi connectivity index (χ0) is 13.8. The Bertz CT molecular complexity index is 464. The fourth-order valence-corrected chi connectivity index (χ4v) is 2.47. The van der Waals surface area contributed by atoms with Gasteiger partial charge in [-0.25, -0.2) is 0 Å². The van der Waals surface area contributed by atoms with Crippen LogP contribution in [0.1, 0.15) is 25.3 Å². The Morgan fingerprint density at radius 2 is 2.42 bits per heavy atom. The summed E-state index contributed by atoms with van der Waals surface area (Å²) in [5, 5.41) is 12.8. The van der Waals surface area contributed by atoms with E-state index in [0.717, 1.165) is 24.2 Å². The fourth-order valence-electron chi connectivity index (χ4n) is 2.28. The van der Waals surface area contributed by atoms with Gasteiger partial charge in [0.2, 0.25) is 0 Å². The van der Waals surface area contributed by atoms with Crippen LogP contribution in [0.2, 0.25) is 5.02 Å². The van der Waals surface area contributed by atoms with Crippen molar-refractivity contribution in [3.63, 3.8) is 0 Å². The topological polar surface area (TPSA) is 58.6 Å². The Balaban J connectivity index is 1.88. The summed E-state index contributed by atoms with van der Waals surface area (Å²) in [4.78, 5) is 11.0. The zero-order valence-electron chi connectivity index (χ0n) is 10.9. The van der Waals surface area contributed by atoms with E-state index in [1.165, 1.54) is 0 Å². The van der Waals surface area contributed by atoms with Gasteiger partial charge in [0.15, 0.2) is 0 Å². The summed E-state index contributed by atoms with van der Waals surface area (Å²) in [5.41, 5.74) is 1.08. The first kappa shape index (κ1) is 14.2. The average Bonchev–Trinajstić information content (AvgIpc) is 2.75. The smallest absolute Gasteiger partial charge is 0.320 e. The summed E-state index contributed by atoms with van der Waals surface area (Å²) >= 11 is 5.93. The van der Waals surface area contributed by atoms with Crippen molar-refractivity contribution >= 4 is 17.6 Å². The number of hydrogen-bond donors (Lipinski definition) is 2. The van der Waals surface area contributed by atoms with Gasteiger partial charge in [-0.1, -0.05) is 24.9 Å². The van der Waals surface area contributed by atoms with Gasteiger partial charge in [0.05, 0.1) is 0 Å². The first-order valence-corrected chi connectivity index (χ1v) is 6.89. The van der Waals surface area contributed by atoms with Gasteiger partial charge in [0.1, 0.15) is 17.9 Å². The zero-order valence-corrected chi connectivity index (χ0v) is 11.6. The van der Waals surface area contributed by atoms with Crippen LogP contribution in [0, 0.1) is 0 Å². The summed E-state index contributed by atoms with van der Waals surface area (Å²) in [6, 6.07) is 5.06. The number of benzene rings is 1. The van der Waals surface area contributed by atoms with Gasteiger partial charge >= 0.3 is 5.97 Å². The first-order chi connectivity index (χ1) is 9.10. The molecule has 0 fully saturated rings. The molecule has 1 heterocycles. The Morgan fingerprint density at radius 3 is 3.11 bits per heavy atom. The van der Waals surface area contributed by atoms with Crippen molar-refractivity contribution in [3.05, 3.63) is 28.8 Å². The normalized spacial score (nSPS) is 18.7. The number of hydrogen-bond acceptors (Lipinski definition) is 3. The van der Waals surface area contributed by atoms with Crippen LogP contribution >= 0.6 is 11.6 Å². The Morgan fingerprint density at radius 1 is 1.63 bits per heavy atom. The third-order valence-corrected chi connectivity index (χ3v) is 3.47. The van der Waals surface area contributed by atoms with Gasteiger partial charge in [-0.3, -0.25) is 4.79 Å². The van der Waals surface area contributed by atoms with Gasteiger partial charge in [0, 0.05) is 18.0 Å². The molecule has 1 aliphatic heterocycles. The molecule has 19 heavy (non-hydrogen) atoms. The van der Waals surface area contributed by atoms with Crippen molar-refractivity contribution in [3.8, 4) is 5.75 Å². The molecular weight excluding hydrogens is 266 g/mol. The Kier molecular flexibility index (Phi) is 4.66. The molecule has 1 aromatic rings. The minimum Gasteiger partial charge on any atom is -0.488 e. The van der Waals surface area contributed by atoms with Crippen molar-refractivity contribution in [2.24, 2.45) is 0 Å². The van der Waals surface area contributed by atoms with E-state index < -0.39 is 12.0 Å². The molecule has 0 spiro atoms. The predicted molar refractivity (Wildman–Crippen MR) is 73.9 cm³/mol. The van der Waals surface area contributed by atoms with Gasteiger partial charge in [-0.05, 0) is 30.2 Å². The highest BCUT2D eigenvalue weighted by atomic mass is 35.5. The van der Waals surface area contributed by atoms with E-state index in [2.05, 4.69) is 5.32 Å². The minimum absolute atomic E-state index is 0.0211. The van der Waals surface area contributed by atoms with Gasteiger partial charge < -0.3 is 15.2 Å². The SMILES string of the molecule is CCCC(NCC1Cc2cc(Cl)ccc2O1)C(=O)O. The summed E-state index contributed by atoms with van der Waals surface area (Å²) in [6.07, 6.45) is 2.21. The van der Waals surface area contributed by atoms with Crippen molar-refractivity contribution in [2.75, 3.05) is 6.54 Å². The summed E-state index contributed by atoms with van der Waals surface area (Å²) in [7, 11) is 0. The van der Waals surface area contributed by atoms with Crippen LogP contribution in [0.5, 0.6) is 5.75 Å². The lowest BCUT2D eigenvalue weighted by atomic mass is 10.1. The van der Waals surface area contributed by atoms with Crippen molar-refractivity contribution in [1.82, 2.24) is 5.32 Å². The maximum atomic E-state index is 11.0. The Hall–Kier alpha value is -1.26. The largest absolute Gasteiger partial charge is 0.488 e. The van der Waals surface area contributed by atoms with E-state index in [9.17, 15) is 4.79 Å². The van der Waals surface area contributed by atoms with Crippen molar-refractivity contribution in [1.29, 1.82) is 0 Å². The number of aliphatic carboxylic acids is 1. The van der Waals surface area contributed by atoms with Crippen molar-refractivity contribution < 1.29 is 14.6 Å². The second-order valence-electron chi connectivity index (χ2n) is 4.78. The third-order valence-electron chi connectivity index (χ3n) is 3.23. The highest BCUT2D eigenvalue weighted by Gasteiger charge is 2.25. The second kappa shape index (κ2) is 6.26. The number of fused-ring (bicyclic) bond motifs is 1. The molecular formula is C14H18ClNO3. The molecule has 0 saturated heterocycles. The molecule has 5 heteroatoms. The van der Waals surface area contributed by atoms with E-state index >= 15 is 0 Å². The number of nitrogens with one attached hydrogen (secondary N) is 1. The number of carboxylic acid groups (broad SMARTS) is 1. The quantitative estimate of drug-likeness (QED) is 0.842. The number of carbonyl (C=O) groups is 1. The van der Waals surface area contributed by atoms with E-state index in [4.69, 9.17) is 21.4 Å². The number of halogens is 1. The molecule has 0 aliphatic carbocycles. The molecule has 2 N–H and O–H groups in total. The molecule has 4 nitrogen and oxygen atoms in total. The van der Waals surface area contributed by atoms with E-state index in [1.54, 1.807) is 6.07 Å². The van der Waals surface area contributed by atoms with E-state index in [1.807, 2.05) is 19.1 Å². The first-order valence-electron chi connectivity index (χ1n) is 6.51. The number of carboxylic acids is 1. The van der Waals surface area contributed by atoms with Gasteiger partial charge in [0.25, 0.3) is 0 Å². The van der Waals surface area contributed by atoms with Crippen LogP contribution in [-0.2, 0) is 11.2 Å². The molecule has 2 unspecified atom stereocenters. The summed E-state index contributed by atoms with van der Waals surface area (Å²) < 4.78 is 5.76. The molecule has 0 bridgehead atoms. The molecule has 0 saturated carbocycles. The molecule has 1 aromatic carbocycles. The lowest BCUT2D eigenvalue weighted by molar-refractivity contribution is -0.139. The van der Waals surface area contributed by atoms with Gasteiger partial charge in [-0.15, -0.1) is 0 Å². The fraction of sp³-hybridized carbons (Fsp3) is 0.500. The van der Waals surface area contributed by atoms with Crippen LogP contribution in [-0.4, -0.2) is 29.8 Å². The number of rotatable bonds is 6. The number of ether oxygens (including phenoxy) is 1. The molecule has 104 valence electrons. The second-order valence-corrected chi connectivity index (χ2v) is 5.22. The predicted octanol–water partition coefficient (Wildman–Crippen LogP) is 2.49. The lowest BCUT2D eigenvalue weighted by Crippen LogP contribution is -2.42. The standard InChI is InChI=1S/C14H18ClNO3/c1-2-3-12(14(17)18)16-8-11-7-9-6-10(15)4-5-13(9)19-11/h4-6,11-12,16H,2-3,7-8H2,1H3,(H,17,18). The van der Waals surface area contributed by atoms with Crippen LogP contribution in [0.25, 0.3) is 0 Å². The summed E-state index contributed by atoms with van der Waals surface area (Å²) in [5.74, 6) is 0.0407. The molecule has 0 radical (unpaired) electrons. The van der Waals surface area contributed by atoms with E-state index in [0.29, 0.717) is 18.0 Å². The summed E-state index contributed by atoms with van der Waals surface area (Å²) in [6.45, 7) is 2.50. The monoisotopic (exact) mass is 283 g/mol. The highest BCUT2D eigenvalue weighted by molar-refractivity contribution is 6.30. The van der Waals surface area contributed by atoms with Crippen LogP contribution < -0.4 is 10.1 Å². The molecule has 2 rings (SSSR count). The lowest BCUT2D eigenvalue weighted by Gasteiger charge is -2.17. The molecule has 2 atom stereocenters. The minimum atomic E-state index is -0.805. The van der Waals surface area contributed by atoms with Gasteiger partial charge in [-0.2, -0.15) is 0 Å². The third kappa shape index (κ3) is 3.61. The Labute approximate surface area is 117 Å². The van der Waals surface area contributed by atoms with Crippen molar-refractivity contribution in [2.45, 2.75) is 38.3 Å². The highest BCUT2D eigenvalue weighted by Crippen LogP contribution is 2.30.